The maximum Gasteiger partial charge on any atom is 0.222 e. The Bertz CT molecular complexity index is 749. The van der Waals surface area contributed by atoms with E-state index in [2.05, 4.69) is 49.4 Å². The second-order valence-corrected chi connectivity index (χ2v) is 7.66. The highest BCUT2D eigenvalue weighted by Gasteiger charge is 2.21. The van der Waals surface area contributed by atoms with Crippen LogP contribution in [0.25, 0.3) is 0 Å². The van der Waals surface area contributed by atoms with Crippen molar-refractivity contribution >= 4 is 17.5 Å². The van der Waals surface area contributed by atoms with Gasteiger partial charge in [-0.2, -0.15) is 4.98 Å². The number of hydrogen-bond acceptors (Lipinski definition) is 6. The maximum atomic E-state index is 5.79. The van der Waals surface area contributed by atoms with Gasteiger partial charge in [0.05, 0.1) is 0 Å². The third-order valence-corrected chi connectivity index (χ3v) is 5.70. The Morgan fingerprint density at radius 2 is 1.96 bits per heavy atom. The van der Waals surface area contributed by atoms with Gasteiger partial charge < -0.3 is 20.9 Å². The SMILES string of the molecule is Cc1cc(N2CCC(NCCCN3CCc4ccccc43)CC2)nc(N)n1. The minimum atomic E-state index is 0.369. The van der Waals surface area contributed by atoms with Crippen LogP contribution in [0, 0.1) is 6.92 Å². The largest absolute Gasteiger partial charge is 0.371 e. The van der Waals surface area contributed by atoms with Crippen LogP contribution in [0.4, 0.5) is 17.5 Å². The second kappa shape index (κ2) is 8.13. The first-order valence-electron chi connectivity index (χ1n) is 10.1. The van der Waals surface area contributed by atoms with Gasteiger partial charge in [0.1, 0.15) is 5.82 Å². The lowest BCUT2D eigenvalue weighted by molar-refractivity contribution is 0.412. The molecule has 0 bridgehead atoms. The van der Waals surface area contributed by atoms with Gasteiger partial charge in [-0.05, 0) is 50.8 Å². The number of piperidine rings is 1. The van der Waals surface area contributed by atoms with Crippen LogP contribution in [0.5, 0.6) is 0 Å². The Morgan fingerprint density at radius 1 is 1.15 bits per heavy atom. The Kier molecular flexibility index (Phi) is 5.43. The topological polar surface area (TPSA) is 70.3 Å². The molecule has 6 heteroatoms. The lowest BCUT2D eigenvalue weighted by Gasteiger charge is -2.33. The molecule has 27 heavy (non-hydrogen) atoms. The average molecular weight is 367 g/mol. The van der Waals surface area contributed by atoms with Gasteiger partial charge in [-0.25, -0.2) is 4.98 Å². The minimum Gasteiger partial charge on any atom is -0.371 e. The Balaban J connectivity index is 1.18. The molecular weight excluding hydrogens is 336 g/mol. The van der Waals surface area contributed by atoms with E-state index in [0.717, 1.165) is 50.5 Å². The zero-order valence-corrected chi connectivity index (χ0v) is 16.2. The van der Waals surface area contributed by atoms with Crippen molar-refractivity contribution in [2.45, 2.75) is 38.6 Å². The van der Waals surface area contributed by atoms with E-state index in [9.17, 15) is 0 Å². The number of nitrogens with one attached hydrogen (secondary N) is 1. The summed E-state index contributed by atoms with van der Waals surface area (Å²) in [6, 6.07) is 11.4. The Hall–Kier alpha value is -2.34. The van der Waals surface area contributed by atoms with Gasteiger partial charge in [0.25, 0.3) is 0 Å². The third kappa shape index (κ3) is 4.33. The fourth-order valence-electron chi connectivity index (χ4n) is 4.26. The molecule has 144 valence electrons. The molecule has 4 rings (SSSR count). The summed E-state index contributed by atoms with van der Waals surface area (Å²) >= 11 is 0. The lowest BCUT2D eigenvalue weighted by atomic mass is 10.0. The molecule has 1 fully saturated rings. The first kappa shape index (κ1) is 18.0. The molecule has 0 atom stereocenters. The van der Waals surface area contributed by atoms with Crippen LogP contribution in [-0.2, 0) is 6.42 Å². The number of nitrogens with two attached hydrogens (primary N) is 1. The smallest absolute Gasteiger partial charge is 0.222 e. The van der Waals surface area contributed by atoms with Crippen molar-refractivity contribution in [1.29, 1.82) is 0 Å². The summed E-state index contributed by atoms with van der Waals surface area (Å²) in [5, 5.41) is 3.75. The number of aromatic nitrogens is 2. The molecule has 2 aliphatic rings. The van der Waals surface area contributed by atoms with Crippen LogP contribution in [0.1, 0.15) is 30.5 Å². The fourth-order valence-corrected chi connectivity index (χ4v) is 4.26. The summed E-state index contributed by atoms with van der Waals surface area (Å²) in [7, 11) is 0. The number of nitrogens with zero attached hydrogens (tertiary/aromatic N) is 4. The van der Waals surface area contributed by atoms with Gasteiger partial charge in [0, 0.05) is 49.7 Å². The first-order valence-corrected chi connectivity index (χ1v) is 10.1. The monoisotopic (exact) mass is 366 g/mol. The van der Waals surface area contributed by atoms with E-state index in [4.69, 9.17) is 5.73 Å². The highest BCUT2D eigenvalue weighted by Crippen LogP contribution is 2.27. The number of anilines is 3. The number of aryl methyl sites for hydroxylation is 1. The van der Waals surface area contributed by atoms with Gasteiger partial charge in [-0.3, -0.25) is 0 Å². The Labute approximate surface area is 161 Å². The molecule has 2 aromatic rings. The number of para-hydroxylation sites is 1. The van der Waals surface area contributed by atoms with Crippen molar-refractivity contribution in [2.75, 3.05) is 48.3 Å². The van der Waals surface area contributed by atoms with E-state index in [1.807, 2.05) is 13.0 Å². The fraction of sp³-hybridized carbons (Fsp3) is 0.524. The molecule has 2 aliphatic heterocycles. The molecule has 0 unspecified atom stereocenters. The summed E-state index contributed by atoms with van der Waals surface area (Å²) in [6.07, 6.45) is 4.68. The third-order valence-electron chi connectivity index (χ3n) is 5.70. The number of benzene rings is 1. The summed E-state index contributed by atoms with van der Waals surface area (Å²) in [5.74, 6) is 1.33. The molecule has 0 radical (unpaired) electrons. The van der Waals surface area contributed by atoms with E-state index < -0.39 is 0 Å². The molecule has 0 spiro atoms. The highest BCUT2D eigenvalue weighted by molar-refractivity contribution is 5.57. The van der Waals surface area contributed by atoms with Gasteiger partial charge in [-0.1, -0.05) is 18.2 Å². The van der Waals surface area contributed by atoms with Crippen LogP contribution in [0.15, 0.2) is 30.3 Å². The molecule has 0 amide bonds. The molecular formula is C21H30N6. The van der Waals surface area contributed by atoms with E-state index >= 15 is 0 Å². The van der Waals surface area contributed by atoms with E-state index in [1.54, 1.807) is 0 Å². The van der Waals surface area contributed by atoms with Crippen LogP contribution < -0.4 is 20.9 Å². The normalized spacial score (nSPS) is 17.4. The van der Waals surface area contributed by atoms with E-state index in [-0.39, 0.29) is 0 Å². The van der Waals surface area contributed by atoms with E-state index in [1.165, 1.54) is 30.6 Å². The molecule has 1 saturated heterocycles. The number of hydrogen-bond donors (Lipinski definition) is 2. The lowest BCUT2D eigenvalue weighted by Crippen LogP contribution is -2.43. The molecule has 3 N–H and O–H groups in total. The molecule has 1 aromatic heterocycles. The number of rotatable bonds is 6. The van der Waals surface area contributed by atoms with Crippen molar-refractivity contribution in [3.8, 4) is 0 Å². The molecule has 0 saturated carbocycles. The quantitative estimate of drug-likeness (QED) is 0.765. The first-order chi connectivity index (χ1) is 13.2. The van der Waals surface area contributed by atoms with Crippen LogP contribution in [-0.4, -0.2) is 48.7 Å². The molecule has 6 nitrogen and oxygen atoms in total. The van der Waals surface area contributed by atoms with Gasteiger partial charge in [-0.15, -0.1) is 0 Å². The minimum absolute atomic E-state index is 0.369. The molecule has 0 aliphatic carbocycles. The van der Waals surface area contributed by atoms with Crippen molar-refractivity contribution in [3.63, 3.8) is 0 Å². The van der Waals surface area contributed by atoms with Crippen LogP contribution >= 0.6 is 0 Å². The second-order valence-electron chi connectivity index (χ2n) is 7.66. The molecule has 1 aromatic carbocycles. The van der Waals surface area contributed by atoms with E-state index in [0.29, 0.717) is 12.0 Å². The van der Waals surface area contributed by atoms with Gasteiger partial charge >= 0.3 is 0 Å². The Morgan fingerprint density at radius 3 is 2.78 bits per heavy atom. The zero-order valence-electron chi connectivity index (χ0n) is 16.2. The van der Waals surface area contributed by atoms with Gasteiger partial charge in [0.15, 0.2) is 0 Å². The number of fused-ring (bicyclic) bond motifs is 1. The zero-order chi connectivity index (χ0) is 18.6. The van der Waals surface area contributed by atoms with Crippen molar-refractivity contribution in [3.05, 3.63) is 41.6 Å². The molecule has 3 heterocycles. The van der Waals surface area contributed by atoms with Crippen LogP contribution in [0.3, 0.4) is 0 Å². The maximum absolute atomic E-state index is 5.79. The van der Waals surface area contributed by atoms with Crippen molar-refractivity contribution in [2.24, 2.45) is 0 Å². The summed E-state index contributed by atoms with van der Waals surface area (Å²) in [6.45, 7) is 7.40. The predicted molar refractivity (Wildman–Crippen MR) is 111 cm³/mol. The number of nitrogen functional groups attached to an aromatic ring is 1. The van der Waals surface area contributed by atoms with Crippen molar-refractivity contribution < 1.29 is 0 Å². The predicted octanol–water partition coefficient (Wildman–Crippen LogP) is 2.38. The summed E-state index contributed by atoms with van der Waals surface area (Å²) in [5.41, 5.74) is 9.66. The highest BCUT2D eigenvalue weighted by atomic mass is 15.2. The van der Waals surface area contributed by atoms with Crippen molar-refractivity contribution in [1.82, 2.24) is 15.3 Å². The van der Waals surface area contributed by atoms with Crippen LogP contribution in [0.2, 0.25) is 0 Å². The summed E-state index contributed by atoms with van der Waals surface area (Å²) < 4.78 is 0. The standard InChI is InChI=1S/C21H30N6/c1-16-15-20(25-21(22)24-16)27-13-8-18(9-14-27)23-10-4-11-26-12-7-17-5-2-3-6-19(17)26/h2-3,5-6,15,18,23H,4,7-14H2,1H3,(H2,22,24,25). The van der Waals surface area contributed by atoms with Gasteiger partial charge in [0.2, 0.25) is 5.95 Å². The average Bonchev–Trinajstić information content (AvgIpc) is 3.08. The summed E-state index contributed by atoms with van der Waals surface area (Å²) in [4.78, 5) is 13.4.